The molecule has 0 radical (unpaired) electrons. The van der Waals surface area contributed by atoms with Crippen molar-refractivity contribution in [2.45, 2.75) is 13.3 Å². The van der Waals surface area contributed by atoms with Crippen LogP contribution in [0.2, 0.25) is 0 Å². The number of halogens is 1. The zero-order valence-corrected chi connectivity index (χ0v) is 11.5. The molecule has 0 saturated heterocycles. The maximum atomic E-state index is 5.40. The average Bonchev–Trinajstić information content (AvgIpc) is 2.37. The van der Waals surface area contributed by atoms with Crippen LogP contribution >= 0.6 is 15.9 Å². The summed E-state index contributed by atoms with van der Waals surface area (Å²) >= 11 is 3.55. The quantitative estimate of drug-likeness (QED) is 0.931. The van der Waals surface area contributed by atoms with Gasteiger partial charge in [-0.1, -0.05) is 22.9 Å². The van der Waals surface area contributed by atoms with Crippen LogP contribution in [-0.2, 0) is 0 Å². The predicted molar refractivity (Wildman–Crippen MR) is 74.8 cm³/mol. The average molecular weight is 295 g/mol. The molecule has 90 valence electrons. The second-order valence-corrected chi connectivity index (χ2v) is 4.61. The molecule has 1 aromatic heterocycles. The first-order valence-electron chi connectivity index (χ1n) is 5.63. The smallest absolute Gasteiger partial charge is 0.137 e. The fraction of sp³-hybridized carbons (Fsp3) is 0.308. The van der Waals surface area contributed by atoms with E-state index in [1.165, 1.54) is 0 Å². The van der Waals surface area contributed by atoms with Gasteiger partial charge in [-0.05, 0) is 24.6 Å². The Kier molecular flexibility index (Phi) is 3.84. The van der Waals surface area contributed by atoms with Gasteiger partial charge in [0, 0.05) is 22.6 Å². The van der Waals surface area contributed by atoms with Crippen LogP contribution in [-0.4, -0.2) is 18.6 Å². The Morgan fingerprint density at radius 3 is 2.88 bits per heavy atom. The first kappa shape index (κ1) is 12.2. The highest BCUT2D eigenvalue weighted by Gasteiger charge is 2.10. The number of pyridine rings is 1. The summed E-state index contributed by atoms with van der Waals surface area (Å²) in [5, 5.41) is 5.46. The molecule has 1 N–H and O–H groups in total. The highest BCUT2D eigenvalue weighted by Crippen LogP contribution is 2.35. The minimum atomic E-state index is 0.843. The molecular formula is C13H15BrN2O. The van der Waals surface area contributed by atoms with Crippen LogP contribution in [0.5, 0.6) is 5.75 Å². The molecule has 0 spiro atoms. The van der Waals surface area contributed by atoms with Gasteiger partial charge in [0.1, 0.15) is 11.6 Å². The minimum Gasteiger partial charge on any atom is -0.496 e. The number of benzene rings is 1. The van der Waals surface area contributed by atoms with Crippen LogP contribution in [0.4, 0.5) is 5.82 Å². The molecule has 0 fully saturated rings. The highest BCUT2D eigenvalue weighted by atomic mass is 79.9. The highest BCUT2D eigenvalue weighted by molar-refractivity contribution is 9.10. The third-order valence-electron chi connectivity index (χ3n) is 2.60. The van der Waals surface area contributed by atoms with E-state index >= 15 is 0 Å². The second-order valence-electron chi connectivity index (χ2n) is 3.76. The van der Waals surface area contributed by atoms with Crippen LogP contribution in [0.25, 0.3) is 10.8 Å². The van der Waals surface area contributed by atoms with Crippen LogP contribution in [0.1, 0.15) is 13.3 Å². The van der Waals surface area contributed by atoms with Crippen molar-refractivity contribution in [3.63, 3.8) is 0 Å². The number of anilines is 1. The normalized spacial score (nSPS) is 10.5. The lowest BCUT2D eigenvalue weighted by Gasteiger charge is -2.12. The Hall–Kier alpha value is -1.29. The fourth-order valence-electron chi connectivity index (χ4n) is 1.78. The summed E-state index contributed by atoms with van der Waals surface area (Å²) in [6.07, 6.45) is 2.87. The summed E-state index contributed by atoms with van der Waals surface area (Å²) in [6, 6.07) is 5.93. The number of ether oxygens (including phenoxy) is 1. The summed E-state index contributed by atoms with van der Waals surface area (Å²) in [7, 11) is 1.68. The number of methoxy groups -OCH3 is 1. The van der Waals surface area contributed by atoms with Crippen LogP contribution in [0, 0.1) is 0 Å². The number of hydrogen-bond donors (Lipinski definition) is 1. The standard InChI is InChI=1S/C13H15BrN2O/c1-3-7-15-13-12-9(6-8-16-13)10(14)4-5-11(12)17-2/h4-6,8H,3,7H2,1-2H3,(H,15,16). The Bertz CT molecular complexity index is 528. The molecule has 1 aromatic carbocycles. The summed E-state index contributed by atoms with van der Waals surface area (Å²) < 4.78 is 6.45. The lowest BCUT2D eigenvalue weighted by molar-refractivity contribution is 0.420. The Morgan fingerprint density at radius 1 is 1.35 bits per heavy atom. The van der Waals surface area contributed by atoms with Crippen molar-refractivity contribution in [3.8, 4) is 5.75 Å². The van der Waals surface area contributed by atoms with Crippen molar-refractivity contribution in [2.75, 3.05) is 19.0 Å². The van der Waals surface area contributed by atoms with Gasteiger partial charge >= 0.3 is 0 Å². The molecule has 0 saturated carbocycles. The third-order valence-corrected chi connectivity index (χ3v) is 3.29. The summed E-state index contributed by atoms with van der Waals surface area (Å²) in [6.45, 7) is 3.03. The Labute approximate surface area is 109 Å². The molecule has 2 aromatic rings. The Morgan fingerprint density at radius 2 is 2.18 bits per heavy atom. The summed E-state index contributed by atoms with van der Waals surface area (Å²) in [5.41, 5.74) is 0. The van der Waals surface area contributed by atoms with Crippen LogP contribution in [0.3, 0.4) is 0 Å². The van der Waals surface area contributed by atoms with E-state index < -0.39 is 0 Å². The maximum Gasteiger partial charge on any atom is 0.137 e. The molecular weight excluding hydrogens is 280 g/mol. The van der Waals surface area contributed by atoms with E-state index in [-0.39, 0.29) is 0 Å². The van der Waals surface area contributed by atoms with Crippen molar-refractivity contribution in [1.82, 2.24) is 4.98 Å². The van der Waals surface area contributed by atoms with Crippen LogP contribution < -0.4 is 10.1 Å². The first-order chi connectivity index (χ1) is 8.27. The number of hydrogen-bond acceptors (Lipinski definition) is 3. The number of fused-ring (bicyclic) bond motifs is 1. The number of nitrogens with one attached hydrogen (secondary N) is 1. The molecule has 0 bridgehead atoms. The molecule has 3 nitrogen and oxygen atoms in total. The van der Waals surface area contributed by atoms with Gasteiger partial charge in [0.25, 0.3) is 0 Å². The number of nitrogens with zero attached hydrogens (tertiary/aromatic N) is 1. The van der Waals surface area contributed by atoms with Gasteiger partial charge in [0.15, 0.2) is 0 Å². The molecule has 0 aliphatic heterocycles. The molecule has 4 heteroatoms. The van der Waals surface area contributed by atoms with Gasteiger partial charge in [-0.25, -0.2) is 4.98 Å². The minimum absolute atomic E-state index is 0.843. The zero-order chi connectivity index (χ0) is 12.3. The predicted octanol–water partition coefficient (Wildman–Crippen LogP) is 3.83. The van der Waals surface area contributed by atoms with Gasteiger partial charge in [-0.3, -0.25) is 0 Å². The largest absolute Gasteiger partial charge is 0.496 e. The van der Waals surface area contributed by atoms with E-state index in [9.17, 15) is 0 Å². The maximum absolute atomic E-state index is 5.40. The molecule has 0 amide bonds. The lowest BCUT2D eigenvalue weighted by atomic mass is 10.1. The molecule has 0 unspecified atom stereocenters. The van der Waals surface area contributed by atoms with E-state index in [4.69, 9.17) is 4.74 Å². The summed E-state index contributed by atoms with van der Waals surface area (Å²) in [4.78, 5) is 4.38. The SMILES string of the molecule is CCCNc1nccc2c(Br)ccc(OC)c12. The van der Waals surface area contributed by atoms with Crippen molar-refractivity contribution < 1.29 is 4.74 Å². The molecule has 0 aliphatic carbocycles. The van der Waals surface area contributed by atoms with Crippen molar-refractivity contribution >= 4 is 32.5 Å². The van der Waals surface area contributed by atoms with Gasteiger partial charge in [-0.15, -0.1) is 0 Å². The lowest BCUT2D eigenvalue weighted by Crippen LogP contribution is -2.03. The van der Waals surface area contributed by atoms with E-state index in [0.717, 1.165) is 39.8 Å². The van der Waals surface area contributed by atoms with E-state index in [2.05, 4.69) is 33.2 Å². The second kappa shape index (κ2) is 5.36. The number of aromatic nitrogens is 1. The molecule has 0 aliphatic rings. The van der Waals surface area contributed by atoms with Gasteiger partial charge < -0.3 is 10.1 Å². The van der Waals surface area contributed by atoms with Gasteiger partial charge in [0.05, 0.1) is 12.5 Å². The van der Waals surface area contributed by atoms with Gasteiger partial charge in [0.2, 0.25) is 0 Å². The van der Waals surface area contributed by atoms with E-state index in [0.29, 0.717) is 0 Å². The van der Waals surface area contributed by atoms with E-state index in [1.54, 1.807) is 7.11 Å². The summed E-state index contributed by atoms with van der Waals surface area (Å²) in [5.74, 6) is 1.72. The molecule has 17 heavy (non-hydrogen) atoms. The van der Waals surface area contributed by atoms with Crippen molar-refractivity contribution in [1.29, 1.82) is 0 Å². The molecule has 0 atom stereocenters. The monoisotopic (exact) mass is 294 g/mol. The first-order valence-corrected chi connectivity index (χ1v) is 6.42. The fourth-order valence-corrected chi connectivity index (χ4v) is 2.24. The van der Waals surface area contributed by atoms with E-state index in [1.807, 2.05) is 24.4 Å². The van der Waals surface area contributed by atoms with Gasteiger partial charge in [-0.2, -0.15) is 0 Å². The topological polar surface area (TPSA) is 34.2 Å². The van der Waals surface area contributed by atoms with Crippen LogP contribution in [0.15, 0.2) is 28.9 Å². The zero-order valence-electron chi connectivity index (χ0n) is 9.96. The van der Waals surface area contributed by atoms with Crippen molar-refractivity contribution in [2.24, 2.45) is 0 Å². The molecule has 2 rings (SSSR count). The molecule has 1 heterocycles. The number of rotatable bonds is 4. The Balaban J connectivity index is 2.63. The van der Waals surface area contributed by atoms with Crippen molar-refractivity contribution in [3.05, 3.63) is 28.9 Å². The third kappa shape index (κ3) is 2.36.